The van der Waals surface area contributed by atoms with Gasteiger partial charge in [-0.2, -0.15) is 0 Å². The lowest BCUT2D eigenvalue weighted by atomic mass is 9.88. The summed E-state index contributed by atoms with van der Waals surface area (Å²) in [6.07, 6.45) is -8.07. The molecular formula is C41H55N5O16. The molecule has 1 aliphatic rings. The van der Waals surface area contributed by atoms with E-state index in [0.717, 1.165) is 11.1 Å². The highest BCUT2D eigenvalue weighted by Crippen LogP contribution is 2.33. The third kappa shape index (κ3) is 14.6. The van der Waals surface area contributed by atoms with Crippen molar-refractivity contribution >= 4 is 35.1 Å². The van der Waals surface area contributed by atoms with Crippen LogP contribution in [0.15, 0.2) is 64.2 Å². The Morgan fingerprint density at radius 1 is 0.774 bits per heavy atom. The zero-order valence-electron chi connectivity index (χ0n) is 34.2. The number of carboxylic acid groups (broad SMARTS) is 1. The highest BCUT2D eigenvalue weighted by molar-refractivity contribution is 5.79. The quantitative estimate of drug-likeness (QED) is 0.0266. The van der Waals surface area contributed by atoms with Crippen LogP contribution in [0.4, 0.5) is 11.4 Å². The lowest BCUT2D eigenvalue weighted by Crippen LogP contribution is -2.68. The van der Waals surface area contributed by atoms with Gasteiger partial charge in [0.2, 0.25) is 17.7 Å². The second-order valence-corrected chi connectivity index (χ2v) is 14.2. The fourth-order valence-corrected chi connectivity index (χ4v) is 6.41. The van der Waals surface area contributed by atoms with Crippen LogP contribution in [-0.2, 0) is 49.3 Å². The van der Waals surface area contributed by atoms with E-state index in [9.17, 15) is 54.3 Å². The van der Waals surface area contributed by atoms with Gasteiger partial charge in [-0.25, -0.2) is 4.79 Å². The summed E-state index contributed by atoms with van der Waals surface area (Å²) in [6, 6.07) is 15.4. The molecule has 1 fully saturated rings. The predicted octanol–water partition coefficient (Wildman–Crippen LogP) is -2.54. The Labute approximate surface area is 356 Å². The van der Waals surface area contributed by atoms with Crippen LogP contribution in [0.3, 0.4) is 0 Å². The molecule has 340 valence electrons. The molecule has 4 rings (SSSR count). The summed E-state index contributed by atoms with van der Waals surface area (Å²) in [4.78, 5) is 72.2. The lowest BCUT2D eigenvalue weighted by Gasteiger charge is -2.46. The number of carbonyl (C=O) groups excluding carboxylic acids is 3. The largest absolute Gasteiger partial charge is 0.477 e. The van der Waals surface area contributed by atoms with Crippen molar-refractivity contribution in [1.82, 2.24) is 16.0 Å². The summed E-state index contributed by atoms with van der Waals surface area (Å²) >= 11 is 0. The molecule has 1 heterocycles. The summed E-state index contributed by atoms with van der Waals surface area (Å²) in [6.45, 7) is 0.903. The number of carboxylic acids is 1. The van der Waals surface area contributed by atoms with Gasteiger partial charge in [-0.05, 0) is 16.7 Å². The molecule has 21 heteroatoms. The number of ether oxygens (including phenoxy) is 5. The normalized spacial score (nSPS) is 19.6. The third-order valence-electron chi connectivity index (χ3n) is 9.60. The Hall–Kier alpha value is -5.36. The first kappa shape index (κ1) is 49.3. The molecule has 0 spiro atoms. The van der Waals surface area contributed by atoms with Crippen molar-refractivity contribution in [3.05, 3.63) is 80.6 Å². The molecule has 3 aromatic rings. The van der Waals surface area contributed by atoms with Crippen LogP contribution < -0.4 is 37.4 Å². The Morgan fingerprint density at radius 3 is 1.94 bits per heavy atom. The lowest BCUT2D eigenvalue weighted by molar-refractivity contribution is -0.312. The minimum atomic E-state index is -2.57. The number of nitrogens with one attached hydrogen (secondary N) is 5. The molecule has 0 aromatic heterocycles. The number of rotatable bonds is 28. The maximum absolute atomic E-state index is 12.7. The number of aliphatic hydroxyl groups is 4. The van der Waals surface area contributed by atoms with E-state index in [1.165, 1.54) is 6.92 Å². The fraction of sp³-hybridized carbons (Fsp3) is 0.512. The molecule has 6 atom stereocenters. The van der Waals surface area contributed by atoms with E-state index < -0.39 is 84.5 Å². The molecule has 10 N–H and O–H groups in total. The minimum absolute atomic E-state index is 0.0370. The first-order chi connectivity index (χ1) is 29.8. The van der Waals surface area contributed by atoms with Crippen molar-refractivity contribution in [1.29, 1.82) is 0 Å². The molecule has 3 amide bonds. The number of carbonyl (C=O) groups is 4. The number of hydrogen-bond acceptors (Lipinski definition) is 17. The van der Waals surface area contributed by atoms with E-state index in [-0.39, 0.29) is 76.4 Å². The van der Waals surface area contributed by atoms with Gasteiger partial charge in [0.1, 0.15) is 30.2 Å². The van der Waals surface area contributed by atoms with Crippen LogP contribution in [0.1, 0.15) is 18.9 Å². The molecule has 0 unspecified atom stereocenters. The molecular weight excluding hydrogens is 818 g/mol. The highest BCUT2D eigenvalue weighted by atomic mass is 16.7. The van der Waals surface area contributed by atoms with Crippen LogP contribution in [-0.4, -0.2) is 165 Å². The van der Waals surface area contributed by atoms with Crippen molar-refractivity contribution in [2.24, 2.45) is 0 Å². The molecule has 1 aliphatic heterocycles. The predicted molar refractivity (Wildman–Crippen MR) is 221 cm³/mol. The van der Waals surface area contributed by atoms with Gasteiger partial charge in [-0.3, -0.25) is 24.0 Å². The second-order valence-electron chi connectivity index (χ2n) is 14.2. The fourth-order valence-electron chi connectivity index (χ4n) is 6.41. The van der Waals surface area contributed by atoms with E-state index in [2.05, 4.69) is 26.6 Å². The SMILES string of the molecule is CC(=O)NCCOCCNc1c(NCCOCCOCCO[C@]2(C(=O)O)C[C@H](O)[C@@H](NC(=O)CO)[C@H]([C@H](O)[C@H](O)CNC(=O)Cc3ccc(-c4ccccc4)cc3)O2)c(=O)c1=O. The molecule has 0 bridgehead atoms. The van der Waals surface area contributed by atoms with Crippen molar-refractivity contribution < 1.29 is 68.4 Å². The van der Waals surface area contributed by atoms with E-state index in [1.807, 2.05) is 42.5 Å². The smallest absolute Gasteiger partial charge is 0.364 e. The van der Waals surface area contributed by atoms with Gasteiger partial charge in [0.05, 0.1) is 70.9 Å². The number of benzene rings is 2. The van der Waals surface area contributed by atoms with Crippen molar-refractivity contribution in [2.75, 3.05) is 89.7 Å². The Morgan fingerprint density at radius 2 is 1.34 bits per heavy atom. The maximum Gasteiger partial charge on any atom is 0.364 e. The monoisotopic (exact) mass is 873 g/mol. The van der Waals surface area contributed by atoms with Gasteiger partial charge >= 0.3 is 5.97 Å². The van der Waals surface area contributed by atoms with Crippen molar-refractivity contribution in [2.45, 2.75) is 56.0 Å². The van der Waals surface area contributed by atoms with Crippen LogP contribution in [0, 0.1) is 0 Å². The van der Waals surface area contributed by atoms with E-state index in [1.54, 1.807) is 12.1 Å². The third-order valence-corrected chi connectivity index (χ3v) is 9.60. The van der Waals surface area contributed by atoms with Crippen LogP contribution >= 0.6 is 0 Å². The molecule has 1 saturated heterocycles. The van der Waals surface area contributed by atoms with Gasteiger partial charge in [-0.1, -0.05) is 54.6 Å². The molecule has 0 radical (unpaired) electrons. The Kier molecular flexibility index (Phi) is 19.8. The van der Waals surface area contributed by atoms with Gasteiger partial charge in [0.15, 0.2) is 0 Å². The Bertz CT molecular complexity index is 1960. The second kappa shape index (κ2) is 24.9. The van der Waals surface area contributed by atoms with Crippen LogP contribution in [0.2, 0.25) is 0 Å². The summed E-state index contributed by atoms with van der Waals surface area (Å²) in [5.74, 6) is -5.92. The topological polar surface area (TPSA) is 310 Å². The summed E-state index contributed by atoms with van der Waals surface area (Å²) < 4.78 is 27.5. The van der Waals surface area contributed by atoms with Gasteiger partial charge in [-0.15, -0.1) is 0 Å². The maximum atomic E-state index is 12.7. The molecule has 21 nitrogen and oxygen atoms in total. The summed E-state index contributed by atoms with van der Waals surface area (Å²) in [5, 5.41) is 65.6. The standard InChI is InChI=1S/C41H55N5O16/c1-25(48)42-11-14-58-15-12-43-34-35(38(55)37(34)54)44-13-16-59-17-18-60-19-20-61-41(40(56)57)22-29(49)33(46-32(52)24-47)39(62-41)36(53)30(50)23-45-31(51)21-26-7-9-28(10-8-26)27-5-3-2-4-6-27/h2-10,29-30,33,36,39,43-44,47,49-50,53H,11-24H2,1H3,(H,42,48)(H,45,51)(H,46,52)(H,56,57)/t29-,30+,33+,36+,39+,41+/m0/s1. The van der Waals surface area contributed by atoms with E-state index in [0.29, 0.717) is 18.7 Å². The number of aliphatic carboxylic acids is 1. The Balaban J connectivity index is 1.20. The average molecular weight is 874 g/mol. The summed E-state index contributed by atoms with van der Waals surface area (Å²) in [7, 11) is 0. The molecule has 3 aromatic carbocycles. The van der Waals surface area contributed by atoms with Crippen molar-refractivity contribution in [3.8, 4) is 11.1 Å². The number of hydrogen-bond donors (Lipinski definition) is 10. The number of anilines is 2. The van der Waals surface area contributed by atoms with Crippen LogP contribution in [0.25, 0.3) is 11.1 Å². The van der Waals surface area contributed by atoms with Crippen molar-refractivity contribution in [3.63, 3.8) is 0 Å². The van der Waals surface area contributed by atoms with Gasteiger partial charge < -0.3 is 75.8 Å². The average Bonchev–Trinajstić information content (AvgIpc) is 3.26. The van der Waals surface area contributed by atoms with E-state index >= 15 is 0 Å². The first-order valence-electron chi connectivity index (χ1n) is 20.0. The zero-order valence-corrected chi connectivity index (χ0v) is 34.2. The molecule has 62 heavy (non-hydrogen) atoms. The van der Waals surface area contributed by atoms with Gasteiger partial charge in [0, 0.05) is 39.5 Å². The van der Waals surface area contributed by atoms with Crippen LogP contribution in [0.5, 0.6) is 0 Å². The summed E-state index contributed by atoms with van der Waals surface area (Å²) in [5.41, 5.74) is 1.58. The zero-order chi connectivity index (χ0) is 45.1. The highest BCUT2D eigenvalue weighted by Gasteiger charge is 2.55. The molecule has 0 aliphatic carbocycles. The first-order valence-corrected chi connectivity index (χ1v) is 20.0. The molecule has 0 saturated carbocycles. The van der Waals surface area contributed by atoms with E-state index in [4.69, 9.17) is 23.7 Å². The number of aliphatic hydroxyl groups excluding tert-OH is 4. The van der Waals surface area contributed by atoms with Gasteiger partial charge in [0.25, 0.3) is 16.6 Å². The number of amides is 3. The minimum Gasteiger partial charge on any atom is -0.477 e.